The molecule has 1 heterocycles. The number of benzene rings is 2. The van der Waals surface area contributed by atoms with Gasteiger partial charge in [0.25, 0.3) is 0 Å². The van der Waals surface area contributed by atoms with Gasteiger partial charge in [0.05, 0.1) is 17.7 Å². The van der Waals surface area contributed by atoms with Crippen LogP contribution >= 0.6 is 0 Å². The molecular formula is C25H34N4O3S. The van der Waals surface area contributed by atoms with E-state index in [1.165, 1.54) is 0 Å². The lowest BCUT2D eigenvalue weighted by molar-refractivity contribution is -0.124. The lowest BCUT2D eigenvalue weighted by Gasteiger charge is -2.28. The number of likely N-dealkylation sites (tertiary alicyclic amines) is 1. The minimum absolute atomic E-state index is 0.0104. The average Bonchev–Trinajstić information content (AvgIpc) is 3.45. The fourth-order valence-corrected chi connectivity index (χ4v) is 5.30. The zero-order valence-corrected chi connectivity index (χ0v) is 20.4. The van der Waals surface area contributed by atoms with Crippen LogP contribution in [0.5, 0.6) is 0 Å². The maximum absolute atomic E-state index is 13.6. The number of nitrogens with one attached hydrogen (secondary N) is 2. The van der Waals surface area contributed by atoms with Crippen molar-refractivity contribution >= 4 is 21.6 Å². The van der Waals surface area contributed by atoms with E-state index >= 15 is 0 Å². The van der Waals surface area contributed by atoms with Crippen molar-refractivity contribution in [3.8, 4) is 0 Å². The molecule has 1 amide bonds. The first-order chi connectivity index (χ1) is 15.7. The van der Waals surface area contributed by atoms with Gasteiger partial charge in [0.2, 0.25) is 15.9 Å². The standard InChI is InChI=1S/C25H34N4O3S/c1-28(2)22-12-15-29(17-22)18-23(19-8-5-4-6-9-19)26-24(30)25(13-14-25)20-10-7-11-21(16-20)27-33(3,31)32/h4-11,16,22-23,27H,12-15,17-18H2,1-3H3,(H,26,30)/t22-,23+/m0/s1. The van der Waals surface area contributed by atoms with Crippen molar-refractivity contribution in [2.45, 2.75) is 36.8 Å². The maximum Gasteiger partial charge on any atom is 0.231 e. The highest BCUT2D eigenvalue weighted by Gasteiger charge is 2.51. The van der Waals surface area contributed by atoms with Crippen LogP contribution in [0.15, 0.2) is 54.6 Å². The Morgan fingerprint density at radius 2 is 1.88 bits per heavy atom. The van der Waals surface area contributed by atoms with Crippen molar-refractivity contribution in [2.24, 2.45) is 0 Å². The molecule has 1 aliphatic carbocycles. The summed E-state index contributed by atoms with van der Waals surface area (Å²) in [5.74, 6) is 0.0104. The third-order valence-electron chi connectivity index (χ3n) is 6.83. The van der Waals surface area contributed by atoms with Crippen LogP contribution in [-0.4, -0.2) is 70.2 Å². The van der Waals surface area contributed by atoms with E-state index in [1.54, 1.807) is 18.2 Å². The Bertz CT molecular complexity index is 1080. The Balaban J connectivity index is 1.52. The third kappa shape index (κ3) is 5.75. The van der Waals surface area contributed by atoms with E-state index in [9.17, 15) is 13.2 Å². The van der Waals surface area contributed by atoms with Gasteiger partial charge in [-0.25, -0.2) is 8.42 Å². The SMILES string of the molecule is CN(C)[C@H]1CCN(C[C@@H](NC(=O)C2(c3cccc(NS(C)(=O)=O)c3)CC2)c2ccccc2)C1. The van der Waals surface area contributed by atoms with Gasteiger partial charge in [-0.3, -0.25) is 14.4 Å². The molecule has 2 aliphatic rings. The van der Waals surface area contributed by atoms with Gasteiger partial charge in [-0.05, 0) is 63.2 Å². The van der Waals surface area contributed by atoms with Crippen LogP contribution in [0.1, 0.15) is 36.4 Å². The predicted molar refractivity (Wildman–Crippen MR) is 132 cm³/mol. The van der Waals surface area contributed by atoms with E-state index < -0.39 is 15.4 Å². The lowest BCUT2D eigenvalue weighted by Crippen LogP contribution is -2.42. The number of hydrogen-bond donors (Lipinski definition) is 2. The lowest BCUT2D eigenvalue weighted by atomic mass is 9.93. The van der Waals surface area contributed by atoms with Crippen LogP contribution in [0.4, 0.5) is 5.69 Å². The number of likely N-dealkylation sites (N-methyl/N-ethyl adjacent to an activating group) is 1. The van der Waals surface area contributed by atoms with E-state index in [0.29, 0.717) is 11.7 Å². The van der Waals surface area contributed by atoms with Gasteiger partial charge >= 0.3 is 0 Å². The van der Waals surface area contributed by atoms with Gasteiger partial charge in [0.15, 0.2) is 0 Å². The van der Waals surface area contributed by atoms with Gasteiger partial charge in [-0.1, -0.05) is 42.5 Å². The first-order valence-corrected chi connectivity index (χ1v) is 13.4. The average molecular weight is 471 g/mol. The van der Waals surface area contributed by atoms with Crippen molar-refractivity contribution in [2.75, 3.05) is 44.7 Å². The topological polar surface area (TPSA) is 81.8 Å². The summed E-state index contributed by atoms with van der Waals surface area (Å²) in [4.78, 5) is 18.3. The first-order valence-electron chi connectivity index (χ1n) is 11.5. The van der Waals surface area contributed by atoms with E-state index in [1.807, 2.05) is 24.3 Å². The van der Waals surface area contributed by atoms with Crippen LogP contribution in [0, 0.1) is 0 Å². The van der Waals surface area contributed by atoms with Crippen LogP contribution in [0.3, 0.4) is 0 Å². The van der Waals surface area contributed by atoms with Crippen molar-refractivity contribution in [3.63, 3.8) is 0 Å². The van der Waals surface area contributed by atoms with Gasteiger partial charge in [0.1, 0.15) is 0 Å². The maximum atomic E-state index is 13.6. The first kappa shape index (κ1) is 23.7. The molecule has 4 rings (SSSR count). The number of anilines is 1. The minimum Gasteiger partial charge on any atom is -0.347 e. The highest BCUT2D eigenvalue weighted by molar-refractivity contribution is 7.92. The van der Waals surface area contributed by atoms with Crippen molar-refractivity contribution < 1.29 is 13.2 Å². The summed E-state index contributed by atoms with van der Waals surface area (Å²) in [5, 5.41) is 3.34. The molecule has 0 spiro atoms. The second-order valence-electron chi connectivity index (χ2n) is 9.64. The summed E-state index contributed by atoms with van der Waals surface area (Å²) in [6.07, 6.45) is 3.78. The largest absolute Gasteiger partial charge is 0.347 e. The Morgan fingerprint density at radius 3 is 2.48 bits per heavy atom. The summed E-state index contributed by atoms with van der Waals surface area (Å²) in [6, 6.07) is 17.8. The molecule has 7 nitrogen and oxygen atoms in total. The molecule has 8 heteroatoms. The Labute approximate surface area is 197 Å². The zero-order chi connectivity index (χ0) is 23.6. The molecule has 2 aromatic carbocycles. The number of hydrogen-bond acceptors (Lipinski definition) is 5. The number of carbonyl (C=O) groups excluding carboxylic acids is 1. The minimum atomic E-state index is -3.38. The number of rotatable bonds is 9. The molecule has 0 radical (unpaired) electrons. The fraction of sp³-hybridized carbons (Fsp3) is 0.480. The molecule has 178 valence electrons. The van der Waals surface area contributed by atoms with Crippen LogP contribution in [-0.2, 0) is 20.2 Å². The molecule has 0 bridgehead atoms. The molecule has 1 saturated carbocycles. The summed E-state index contributed by atoms with van der Waals surface area (Å²) in [7, 11) is 0.861. The summed E-state index contributed by atoms with van der Waals surface area (Å²) >= 11 is 0. The van der Waals surface area contributed by atoms with E-state index in [2.05, 4.69) is 46.1 Å². The van der Waals surface area contributed by atoms with Crippen LogP contribution in [0.25, 0.3) is 0 Å². The van der Waals surface area contributed by atoms with Crippen molar-refractivity contribution in [1.82, 2.24) is 15.1 Å². The van der Waals surface area contributed by atoms with Crippen LogP contribution in [0.2, 0.25) is 0 Å². The third-order valence-corrected chi connectivity index (χ3v) is 7.44. The number of amides is 1. The zero-order valence-electron chi connectivity index (χ0n) is 19.6. The van der Waals surface area contributed by atoms with Crippen molar-refractivity contribution in [1.29, 1.82) is 0 Å². The molecule has 2 aromatic rings. The second kappa shape index (κ2) is 9.44. The molecule has 2 fully saturated rings. The van der Waals surface area contributed by atoms with Gasteiger partial charge in [0, 0.05) is 24.8 Å². The van der Waals surface area contributed by atoms with Gasteiger partial charge < -0.3 is 10.2 Å². The number of sulfonamides is 1. The molecule has 2 atom stereocenters. The Hall–Kier alpha value is -2.42. The van der Waals surface area contributed by atoms with Crippen LogP contribution < -0.4 is 10.0 Å². The van der Waals surface area contributed by atoms with E-state index in [-0.39, 0.29) is 11.9 Å². The molecule has 2 N–H and O–H groups in total. The molecule has 0 aromatic heterocycles. The smallest absolute Gasteiger partial charge is 0.231 e. The molecule has 1 aliphatic heterocycles. The number of nitrogens with zero attached hydrogens (tertiary/aromatic N) is 2. The van der Waals surface area contributed by atoms with Gasteiger partial charge in [-0.2, -0.15) is 0 Å². The normalized spacial score (nSPS) is 21.0. The molecule has 0 unspecified atom stereocenters. The quantitative estimate of drug-likeness (QED) is 0.589. The highest BCUT2D eigenvalue weighted by atomic mass is 32.2. The molecule has 1 saturated heterocycles. The van der Waals surface area contributed by atoms with Gasteiger partial charge in [-0.15, -0.1) is 0 Å². The van der Waals surface area contributed by atoms with E-state index in [0.717, 1.165) is 56.3 Å². The van der Waals surface area contributed by atoms with Crippen molar-refractivity contribution in [3.05, 3.63) is 65.7 Å². The summed E-state index contributed by atoms with van der Waals surface area (Å²) in [5.41, 5.74) is 1.84. The Kier molecular flexibility index (Phi) is 6.79. The monoisotopic (exact) mass is 470 g/mol. The molecule has 33 heavy (non-hydrogen) atoms. The second-order valence-corrected chi connectivity index (χ2v) is 11.4. The van der Waals surface area contributed by atoms with E-state index in [4.69, 9.17) is 0 Å². The predicted octanol–water partition coefficient (Wildman–Crippen LogP) is 2.58. The Morgan fingerprint density at radius 1 is 1.15 bits per heavy atom. The fourth-order valence-electron chi connectivity index (χ4n) is 4.74. The summed E-state index contributed by atoms with van der Waals surface area (Å²) < 4.78 is 25.8. The highest BCUT2D eigenvalue weighted by Crippen LogP contribution is 2.49. The summed E-state index contributed by atoms with van der Waals surface area (Å²) in [6.45, 7) is 2.79. The molecular weight excluding hydrogens is 436 g/mol. The number of carbonyl (C=O) groups is 1.